The van der Waals surface area contributed by atoms with Crippen LogP contribution in [0.3, 0.4) is 0 Å². The molecule has 1 aromatic carbocycles. The summed E-state index contributed by atoms with van der Waals surface area (Å²) in [6.07, 6.45) is 3.20. The van der Waals surface area contributed by atoms with Gasteiger partial charge in [0.25, 0.3) is 5.91 Å². The predicted molar refractivity (Wildman–Crippen MR) is 79.8 cm³/mol. The molecule has 8 heteroatoms. The van der Waals surface area contributed by atoms with Crippen LogP contribution in [0.25, 0.3) is 0 Å². The first-order chi connectivity index (χ1) is 10.8. The van der Waals surface area contributed by atoms with Gasteiger partial charge in [0, 0.05) is 18.0 Å². The van der Waals surface area contributed by atoms with Gasteiger partial charge in [-0.15, -0.1) is 0 Å². The Labute approximate surface area is 132 Å². The third-order valence-corrected chi connectivity index (χ3v) is 4.63. The lowest BCUT2D eigenvalue weighted by Gasteiger charge is -2.14. The third-order valence-electron chi connectivity index (χ3n) is 3.23. The first-order valence-electron chi connectivity index (χ1n) is 6.65. The largest absolute Gasteiger partial charge is 0.346 e. The van der Waals surface area contributed by atoms with Crippen molar-refractivity contribution in [2.75, 3.05) is 0 Å². The maximum Gasteiger partial charge on any atom is 0.341 e. The monoisotopic (exact) mass is 340 g/mol. The van der Waals surface area contributed by atoms with Crippen LogP contribution in [0.5, 0.6) is 0 Å². The standard InChI is InChI=1S/C15H14F2N2O3S/c1-10(11-6-8-18-9-7-11)19-14(20)12-2-4-13(5-3-12)23(21,22)15(16)17/h2-10,15H,1H3,(H,19,20). The van der Waals surface area contributed by atoms with Crippen LogP contribution in [0, 0.1) is 0 Å². The number of pyridine rings is 1. The number of aromatic nitrogens is 1. The second kappa shape index (κ2) is 6.82. The quantitative estimate of drug-likeness (QED) is 0.908. The topological polar surface area (TPSA) is 76.1 Å². The summed E-state index contributed by atoms with van der Waals surface area (Å²) >= 11 is 0. The molecule has 1 unspecified atom stereocenters. The van der Waals surface area contributed by atoms with Crippen LogP contribution in [-0.4, -0.2) is 25.1 Å². The molecular weight excluding hydrogens is 326 g/mol. The molecule has 0 saturated carbocycles. The number of carbonyl (C=O) groups is 1. The van der Waals surface area contributed by atoms with E-state index in [4.69, 9.17) is 0 Å². The van der Waals surface area contributed by atoms with Gasteiger partial charge in [-0.2, -0.15) is 8.78 Å². The fourth-order valence-electron chi connectivity index (χ4n) is 1.91. The van der Waals surface area contributed by atoms with Crippen molar-refractivity contribution >= 4 is 15.7 Å². The minimum Gasteiger partial charge on any atom is -0.346 e. The maximum atomic E-state index is 12.4. The maximum absolute atomic E-state index is 12.4. The summed E-state index contributed by atoms with van der Waals surface area (Å²) in [6, 6.07) is 7.61. The molecule has 1 aromatic heterocycles. The number of benzene rings is 1. The number of nitrogens with zero attached hydrogens (tertiary/aromatic N) is 1. The molecule has 0 bridgehead atoms. The Kier molecular flexibility index (Phi) is 5.05. The zero-order chi connectivity index (χ0) is 17.0. The molecule has 0 spiro atoms. The minimum absolute atomic E-state index is 0.180. The molecule has 0 saturated heterocycles. The first kappa shape index (κ1) is 17.0. The number of hydrogen-bond acceptors (Lipinski definition) is 4. The number of hydrogen-bond donors (Lipinski definition) is 1. The summed E-state index contributed by atoms with van der Waals surface area (Å²) < 4.78 is 47.5. The molecule has 1 atom stereocenters. The van der Waals surface area contributed by atoms with Crippen LogP contribution >= 0.6 is 0 Å². The van der Waals surface area contributed by atoms with Crippen molar-refractivity contribution in [3.05, 3.63) is 59.9 Å². The molecular formula is C15H14F2N2O3S. The van der Waals surface area contributed by atoms with Crippen LogP contribution < -0.4 is 5.32 Å². The summed E-state index contributed by atoms with van der Waals surface area (Å²) in [7, 11) is -4.66. The molecule has 1 N–H and O–H groups in total. The van der Waals surface area contributed by atoms with Crippen molar-refractivity contribution in [2.45, 2.75) is 23.6 Å². The van der Waals surface area contributed by atoms with Gasteiger partial charge in [-0.05, 0) is 48.9 Å². The van der Waals surface area contributed by atoms with Gasteiger partial charge in [-0.25, -0.2) is 8.42 Å². The van der Waals surface area contributed by atoms with E-state index >= 15 is 0 Å². The number of sulfone groups is 1. The fraction of sp³-hybridized carbons (Fsp3) is 0.200. The average molecular weight is 340 g/mol. The molecule has 5 nitrogen and oxygen atoms in total. The van der Waals surface area contributed by atoms with E-state index in [1.165, 1.54) is 12.1 Å². The number of carbonyl (C=O) groups excluding carboxylic acids is 1. The Morgan fingerprint density at radius 3 is 2.17 bits per heavy atom. The molecule has 2 aromatic rings. The zero-order valence-corrected chi connectivity index (χ0v) is 12.9. The highest BCUT2D eigenvalue weighted by atomic mass is 32.2. The summed E-state index contributed by atoms with van der Waals surface area (Å²) in [5.74, 6) is -3.93. The number of rotatable bonds is 5. The second-order valence-electron chi connectivity index (χ2n) is 4.81. The smallest absolute Gasteiger partial charge is 0.341 e. The van der Waals surface area contributed by atoms with Crippen molar-refractivity contribution in [2.24, 2.45) is 0 Å². The van der Waals surface area contributed by atoms with E-state index < -0.39 is 26.4 Å². The van der Waals surface area contributed by atoms with E-state index in [1.54, 1.807) is 31.5 Å². The van der Waals surface area contributed by atoms with Crippen LogP contribution in [0.1, 0.15) is 28.9 Å². The van der Waals surface area contributed by atoms with Crippen molar-refractivity contribution in [1.82, 2.24) is 10.3 Å². The molecule has 122 valence electrons. The molecule has 2 rings (SSSR count). The molecule has 0 radical (unpaired) electrons. The highest BCUT2D eigenvalue weighted by Gasteiger charge is 2.26. The van der Waals surface area contributed by atoms with Gasteiger partial charge in [0.2, 0.25) is 9.84 Å². The second-order valence-corrected chi connectivity index (χ2v) is 6.72. The zero-order valence-electron chi connectivity index (χ0n) is 12.1. The normalized spacial score (nSPS) is 12.9. The lowest BCUT2D eigenvalue weighted by molar-refractivity contribution is 0.0939. The Balaban J connectivity index is 2.12. The first-order valence-corrected chi connectivity index (χ1v) is 8.20. The van der Waals surface area contributed by atoms with E-state index in [-0.39, 0.29) is 11.6 Å². The van der Waals surface area contributed by atoms with E-state index in [0.717, 1.165) is 17.7 Å². The van der Waals surface area contributed by atoms with Crippen LogP contribution in [0.15, 0.2) is 53.7 Å². The molecule has 0 aliphatic heterocycles. The molecule has 0 aliphatic carbocycles. The minimum atomic E-state index is -4.66. The Morgan fingerprint density at radius 1 is 1.09 bits per heavy atom. The van der Waals surface area contributed by atoms with E-state index in [1.807, 2.05) is 0 Å². The van der Waals surface area contributed by atoms with Gasteiger partial charge in [0.1, 0.15) is 0 Å². The van der Waals surface area contributed by atoms with Gasteiger partial charge in [0.05, 0.1) is 10.9 Å². The molecule has 0 aliphatic rings. The number of halogens is 2. The van der Waals surface area contributed by atoms with Crippen LogP contribution in [0.4, 0.5) is 8.78 Å². The van der Waals surface area contributed by atoms with Crippen molar-refractivity contribution in [3.63, 3.8) is 0 Å². The van der Waals surface area contributed by atoms with E-state index in [0.29, 0.717) is 0 Å². The number of alkyl halides is 2. The SMILES string of the molecule is CC(NC(=O)c1ccc(S(=O)(=O)C(F)F)cc1)c1ccncc1. The van der Waals surface area contributed by atoms with Crippen molar-refractivity contribution in [1.29, 1.82) is 0 Å². The van der Waals surface area contributed by atoms with Gasteiger partial charge >= 0.3 is 5.76 Å². The highest BCUT2D eigenvalue weighted by Crippen LogP contribution is 2.19. The van der Waals surface area contributed by atoms with Crippen LogP contribution in [-0.2, 0) is 9.84 Å². The van der Waals surface area contributed by atoms with Crippen LogP contribution in [0.2, 0.25) is 0 Å². The average Bonchev–Trinajstić information content (AvgIpc) is 2.55. The van der Waals surface area contributed by atoms with Gasteiger partial charge in [0.15, 0.2) is 0 Å². The lowest BCUT2D eigenvalue weighted by atomic mass is 10.1. The van der Waals surface area contributed by atoms with Crippen molar-refractivity contribution < 1.29 is 22.0 Å². The lowest BCUT2D eigenvalue weighted by Crippen LogP contribution is -2.26. The number of amides is 1. The van der Waals surface area contributed by atoms with E-state index in [2.05, 4.69) is 10.3 Å². The Morgan fingerprint density at radius 2 is 1.65 bits per heavy atom. The molecule has 1 heterocycles. The Hall–Kier alpha value is -2.35. The van der Waals surface area contributed by atoms with Gasteiger partial charge in [-0.1, -0.05) is 0 Å². The van der Waals surface area contributed by atoms with E-state index in [9.17, 15) is 22.0 Å². The predicted octanol–water partition coefficient (Wildman–Crippen LogP) is 2.57. The van der Waals surface area contributed by atoms with Gasteiger partial charge in [-0.3, -0.25) is 9.78 Å². The van der Waals surface area contributed by atoms with Gasteiger partial charge < -0.3 is 5.32 Å². The molecule has 1 amide bonds. The number of nitrogens with one attached hydrogen (secondary N) is 1. The third kappa shape index (κ3) is 3.89. The summed E-state index contributed by atoms with van der Waals surface area (Å²) in [5, 5.41) is 2.73. The molecule has 0 fully saturated rings. The summed E-state index contributed by atoms with van der Waals surface area (Å²) in [5.41, 5.74) is 1.03. The Bertz CT molecular complexity index is 778. The summed E-state index contributed by atoms with van der Waals surface area (Å²) in [6.45, 7) is 1.78. The summed E-state index contributed by atoms with van der Waals surface area (Å²) in [4.78, 5) is 15.5. The van der Waals surface area contributed by atoms with Crippen molar-refractivity contribution in [3.8, 4) is 0 Å². The highest BCUT2D eigenvalue weighted by molar-refractivity contribution is 7.91. The fourth-order valence-corrected chi connectivity index (χ4v) is 2.64. The molecule has 23 heavy (non-hydrogen) atoms.